The minimum atomic E-state index is -1.45. The van der Waals surface area contributed by atoms with Crippen molar-refractivity contribution in [1.29, 1.82) is 0 Å². The molecule has 1 atom stereocenters. The van der Waals surface area contributed by atoms with Crippen LogP contribution < -0.4 is 9.61 Å². The molecule has 0 aliphatic heterocycles. The van der Waals surface area contributed by atoms with Crippen LogP contribution in [0.3, 0.4) is 0 Å². The minimum absolute atomic E-state index is 0.0787. The summed E-state index contributed by atoms with van der Waals surface area (Å²) in [5, 5.41) is 4.22. The number of oxime groups is 1. The molecule has 0 fully saturated rings. The number of hydrogen-bond donors (Lipinski definition) is 0. The van der Waals surface area contributed by atoms with E-state index in [1.165, 1.54) is 25.6 Å². The minimum Gasteiger partial charge on any atom is -0.492 e. The number of ether oxygens (including phenoxy) is 2. The fourth-order valence-corrected chi connectivity index (χ4v) is 5.99. The van der Waals surface area contributed by atoms with Crippen molar-refractivity contribution in [2.75, 3.05) is 20.8 Å². The number of rotatable bonds is 12. The maximum atomic E-state index is 12.9. The molecule has 0 saturated heterocycles. The number of aldehydes is 1. The van der Waals surface area contributed by atoms with Crippen LogP contribution >= 0.6 is 11.3 Å². The van der Waals surface area contributed by atoms with Gasteiger partial charge in [0.05, 0.1) is 23.9 Å². The highest BCUT2D eigenvalue weighted by Gasteiger charge is 2.41. The zero-order chi connectivity index (χ0) is 30.2. The van der Waals surface area contributed by atoms with Crippen molar-refractivity contribution in [2.24, 2.45) is 5.16 Å². The number of carbonyl (C=O) groups is 2. The van der Waals surface area contributed by atoms with Gasteiger partial charge in [0, 0.05) is 11.1 Å². The summed E-state index contributed by atoms with van der Waals surface area (Å²) < 4.78 is 13.5. The second-order valence-electron chi connectivity index (χ2n) is 9.81. The van der Waals surface area contributed by atoms with Gasteiger partial charge in [0.2, 0.25) is 0 Å². The van der Waals surface area contributed by atoms with E-state index in [9.17, 15) is 14.4 Å². The number of aromatic nitrogens is 1. The van der Waals surface area contributed by atoms with E-state index in [1.807, 2.05) is 66.7 Å². The first-order valence-corrected chi connectivity index (χ1v) is 14.4. The standard InChI is InChI=1S/C34H30N2O6S/c1-40-32(38)34(23-37,27-11-7-4-8-12-27)22-24-13-16-28(17-14-24)42-20-19-36-29-18-15-26(21-30(29)43-33(36)39)31(35-41-2)25-9-5-3-6-10-25/h3-18,21,23H,19-20,22H2,1-2H3. The Bertz CT molecular complexity index is 1800. The molecule has 0 spiro atoms. The average molecular weight is 595 g/mol. The first kappa shape index (κ1) is 29.5. The topological polar surface area (TPSA) is 96.2 Å². The fourth-order valence-electron chi connectivity index (χ4n) is 5.03. The van der Waals surface area contributed by atoms with Crippen molar-refractivity contribution in [3.05, 3.63) is 135 Å². The Morgan fingerprint density at radius 3 is 2.26 bits per heavy atom. The Labute approximate surface area is 252 Å². The van der Waals surface area contributed by atoms with E-state index in [0.29, 0.717) is 29.9 Å². The van der Waals surface area contributed by atoms with Crippen molar-refractivity contribution in [3.8, 4) is 5.75 Å². The molecule has 1 aromatic heterocycles. The number of nitrogens with zero attached hydrogens (tertiary/aromatic N) is 2. The molecule has 5 rings (SSSR count). The largest absolute Gasteiger partial charge is 0.492 e. The predicted molar refractivity (Wildman–Crippen MR) is 167 cm³/mol. The van der Waals surface area contributed by atoms with Crippen LogP contribution in [0.5, 0.6) is 5.75 Å². The molecular weight excluding hydrogens is 564 g/mol. The maximum Gasteiger partial charge on any atom is 0.323 e. The van der Waals surface area contributed by atoms with Crippen LogP contribution in [0.1, 0.15) is 22.3 Å². The molecule has 1 unspecified atom stereocenters. The molecule has 43 heavy (non-hydrogen) atoms. The number of thiazole rings is 1. The van der Waals surface area contributed by atoms with Crippen LogP contribution in [0.4, 0.5) is 0 Å². The molecule has 1 heterocycles. The smallest absolute Gasteiger partial charge is 0.323 e. The van der Waals surface area contributed by atoms with Gasteiger partial charge < -0.3 is 19.1 Å². The van der Waals surface area contributed by atoms with Crippen LogP contribution in [-0.4, -0.2) is 43.4 Å². The quantitative estimate of drug-likeness (QED) is 0.0632. The highest BCUT2D eigenvalue weighted by molar-refractivity contribution is 7.16. The summed E-state index contributed by atoms with van der Waals surface area (Å²) in [6, 6.07) is 31.6. The van der Waals surface area contributed by atoms with Gasteiger partial charge in [-0.3, -0.25) is 14.2 Å². The molecule has 0 radical (unpaired) electrons. The average Bonchev–Trinajstić information content (AvgIpc) is 3.37. The lowest BCUT2D eigenvalue weighted by molar-refractivity contribution is -0.149. The van der Waals surface area contributed by atoms with Crippen molar-refractivity contribution < 1.29 is 23.9 Å². The highest BCUT2D eigenvalue weighted by atomic mass is 32.1. The summed E-state index contributed by atoms with van der Waals surface area (Å²) in [5.74, 6) is -0.00627. The van der Waals surface area contributed by atoms with E-state index < -0.39 is 11.4 Å². The van der Waals surface area contributed by atoms with E-state index in [2.05, 4.69) is 5.16 Å². The maximum absolute atomic E-state index is 12.9. The fraction of sp³-hybridized carbons (Fsp3) is 0.176. The molecule has 218 valence electrons. The molecule has 0 amide bonds. The molecule has 8 nitrogen and oxygen atoms in total. The third-order valence-electron chi connectivity index (χ3n) is 7.20. The summed E-state index contributed by atoms with van der Waals surface area (Å²) in [7, 11) is 2.79. The van der Waals surface area contributed by atoms with Gasteiger partial charge in [0.15, 0.2) is 5.41 Å². The number of benzene rings is 4. The Balaban J connectivity index is 1.28. The molecule has 0 N–H and O–H groups in total. The molecule has 4 aromatic carbocycles. The lowest BCUT2D eigenvalue weighted by Gasteiger charge is -2.26. The normalized spacial score (nSPS) is 12.8. The van der Waals surface area contributed by atoms with Gasteiger partial charge >= 0.3 is 10.8 Å². The van der Waals surface area contributed by atoms with Gasteiger partial charge in [-0.2, -0.15) is 0 Å². The molecule has 0 aliphatic carbocycles. The number of fused-ring (bicyclic) bond motifs is 1. The van der Waals surface area contributed by atoms with Crippen LogP contribution in [0.15, 0.2) is 113 Å². The summed E-state index contributed by atoms with van der Waals surface area (Å²) in [6.07, 6.45) is 0.796. The SMILES string of the molecule is CON=C(c1ccccc1)c1ccc2c(c1)sc(=O)n2CCOc1ccc(CC(C=O)(C(=O)OC)c2ccccc2)cc1. The van der Waals surface area contributed by atoms with E-state index in [0.717, 1.165) is 26.9 Å². The second-order valence-corrected chi connectivity index (χ2v) is 10.8. The van der Waals surface area contributed by atoms with E-state index in [-0.39, 0.29) is 17.9 Å². The lowest BCUT2D eigenvalue weighted by atomic mass is 9.76. The number of methoxy groups -OCH3 is 1. The van der Waals surface area contributed by atoms with E-state index in [4.69, 9.17) is 14.3 Å². The zero-order valence-corrected chi connectivity index (χ0v) is 24.6. The van der Waals surface area contributed by atoms with Gasteiger partial charge in [-0.05, 0) is 41.8 Å². The first-order chi connectivity index (χ1) is 21.0. The third kappa shape index (κ3) is 6.27. The highest BCUT2D eigenvalue weighted by Crippen LogP contribution is 2.29. The Hall–Kier alpha value is -5.02. The lowest BCUT2D eigenvalue weighted by Crippen LogP contribution is -2.40. The molecule has 0 aliphatic rings. The van der Waals surface area contributed by atoms with Crippen molar-refractivity contribution in [3.63, 3.8) is 0 Å². The number of esters is 1. The zero-order valence-electron chi connectivity index (χ0n) is 23.8. The molecule has 9 heteroatoms. The summed E-state index contributed by atoms with van der Waals surface area (Å²) in [5.41, 5.74) is 3.16. The number of carbonyl (C=O) groups excluding carboxylic acids is 2. The van der Waals surface area contributed by atoms with E-state index >= 15 is 0 Å². The summed E-state index contributed by atoms with van der Waals surface area (Å²) in [4.78, 5) is 42.9. The van der Waals surface area contributed by atoms with Crippen molar-refractivity contribution in [1.82, 2.24) is 4.57 Å². The summed E-state index contributed by atoms with van der Waals surface area (Å²) in [6.45, 7) is 0.639. The van der Waals surface area contributed by atoms with E-state index in [1.54, 1.807) is 41.0 Å². The molecule has 0 saturated carbocycles. The van der Waals surface area contributed by atoms with Gasteiger partial charge in [-0.1, -0.05) is 95.4 Å². The molecule has 0 bridgehead atoms. The predicted octanol–water partition coefficient (Wildman–Crippen LogP) is 5.39. The van der Waals surface area contributed by atoms with Gasteiger partial charge in [0.25, 0.3) is 0 Å². The second kappa shape index (κ2) is 13.3. The Kier molecular flexibility index (Phi) is 9.12. The van der Waals surface area contributed by atoms with Gasteiger partial charge in [0.1, 0.15) is 31.5 Å². The molecular formula is C34H30N2O6S. The molecule has 5 aromatic rings. The van der Waals surface area contributed by atoms with Crippen molar-refractivity contribution in [2.45, 2.75) is 18.4 Å². The number of hydrogen-bond acceptors (Lipinski definition) is 8. The van der Waals surface area contributed by atoms with Gasteiger partial charge in [-0.25, -0.2) is 0 Å². The van der Waals surface area contributed by atoms with Gasteiger partial charge in [-0.15, -0.1) is 0 Å². The summed E-state index contributed by atoms with van der Waals surface area (Å²) >= 11 is 1.17. The van der Waals surface area contributed by atoms with Crippen LogP contribution in [0.25, 0.3) is 10.2 Å². The first-order valence-electron chi connectivity index (χ1n) is 13.6. The van der Waals surface area contributed by atoms with Crippen LogP contribution in [-0.2, 0) is 37.5 Å². The monoisotopic (exact) mass is 594 g/mol. The van der Waals surface area contributed by atoms with Crippen molar-refractivity contribution >= 4 is 39.5 Å². The van der Waals surface area contributed by atoms with Crippen LogP contribution in [0, 0.1) is 0 Å². The Morgan fingerprint density at radius 1 is 0.907 bits per heavy atom. The van der Waals surface area contributed by atoms with Crippen LogP contribution in [0.2, 0.25) is 0 Å². The Morgan fingerprint density at radius 2 is 1.60 bits per heavy atom. The third-order valence-corrected chi connectivity index (χ3v) is 8.14.